The average molecular weight is 312 g/mol. The number of hydrogen-bond donors (Lipinski definition) is 3. The number of amides is 2. The molecule has 0 aliphatic rings. The Bertz CT molecular complexity index is 609. The first-order valence-corrected chi connectivity index (χ1v) is 7.46. The Kier molecular flexibility index (Phi) is 4.77. The van der Waals surface area contributed by atoms with E-state index in [1.807, 2.05) is 12.3 Å². The molecule has 2 amide bonds. The van der Waals surface area contributed by atoms with Crippen molar-refractivity contribution in [1.29, 1.82) is 0 Å². The molecule has 9 heteroatoms. The van der Waals surface area contributed by atoms with Crippen LogP contribution in [-0.2, 0) is 11.2 Å². The summed E-state index contributed by atoms with van der Waals surface area (Å²) in [6.45, 7) is 1.62. The van der Waals surface area contributed by atoms with Crippen molar-refractivity contribution in [3.63, 3.8) is 0 Å². The third-order valence-electron chi connectivity index (χ3n) is 2.38. The monoisotopic (exact) mass is 312 g/mol. The van der Waals surface area contributed by atoms with Gasteiger partial charge in [0.1, 0.15) is 5.69 Å². The van der Waals surface area contributed by atoms with Gasteiger partial charge in [0.15, 0.2) is 10.0 Å². The zero-order valence-corrected chi connectivity index (χ0v) is 12.2. The maximum atomic E-state index is 12.0. The Balaban J connectivity index is 2.18. The van der Waals surface area contributed by atoms with Gasteiger partial charge in [-0.1, -0.05) is 6.92 Å². The zero-order valence-electron chi connectivity index (χ0n) is 10.5. The molecule has 0 atom stereocenters. The quantitative estimate of drug-likeness (QED) is 0.566. The van der Waals surface area contributed by atoms with Gasteiger partial charge >= 0.3 is 0 Å². The van der Waals surface area contributed by atoms with E-state index in [9.17, 15) is 9.59 Å². The molecule has 0 spiro atoms. The second-order valence-electron chi connectivity index (χ2n) is 3.70. The number of carbonyl (C=O) groups excluding carboxylic acids is 2. The molecule has 2 aromatic rings. The van der Waals surface area contributed by atoms with Gasteiger partial charge in [-0.3, -0.25) is 14.8 Å². The highest BCUT2D eigenvalue weighted by molar-refractivity contribution is 7.20. The number of aromatic nitrogens is 2. The molecule has 7 nitrogen and oxygen atoms in total. The molecule has 2 rings (SSSR count). The molecule has 2 heterocycles. The Hall–Kier alpha value is -1.84. The zero-order chi connectivity index (χ0) is 14.5. The minimum atomic E-state index is -0.688. The van der Waals surface area contributed by atoms with Gasteiger partial charge in [0.2, 0.25) is 0 Å². The first-order chi connectivity index (χ1) is 9.65. The number of hydroxylamine groups is 1. The van der Waals surface area contributed by atoms with E-state index in [1.54, 1.807) is 6.20 Å². The number of hydrogen-bond acceptors (Lipinski definition) is 7. The summed E-state index contributed by atoms with van der Waals surface area (Å²) in [5.74, 6) is -1.13. The SMILES string of the molecule is CCc1sc(-c2nccs2)nc1C(=O)NCC(=O)NO. The Morgan fingerprint density at radius 3 is 2.80 bits per heavy atom. The van der Waals surface area contributed by atoms with Crippen LogP contribution in [0, 0.1) is 0 Å². The first kappa shape index (κ1) is 14.6. The number of carbonyl (C=O) groups is 2. The van der Waals surface area contributed by atoms with Crippen LogP contribution in [0.4, 0.5) is 0 Å². The number of thiazole rings is 2. The van der Waals surface area contributed by atoms with Crippen molar-refractivity contribution in [2.45, 2.75) is 13.3 Å². The van der Waals surface area contributed by atoms with Gasteiger partial charge in [0.05, 0.1) is 6.54 Å². The Morgan fingerprint density at radius 1 is 1.40 bits per heavy atom. The van der Waals surface area contributed by atoms with Gasteiger partial charge in [0.25, 0.3) is 11.8 Å². The average Bonchev–Trinajstić information content (AvgIpc) is 3.12. The largest absolute Gasteiger partial charge is 0.342 e. The number of nitrogens with one attached hydrogen (secondary N) is 2. The van der Waals surface area contributed by atoms with E-state index in [-0.39, 0.29) is 6.54 Å². The highest BCUT2D eigenvalue weighted by Gasteiger charge is 2.19. The van der Waals surface area contributed by atoms with Gasteiger partial charge < -0.3 is 5.32 Å². The lowest BCUT2D eigenvalue weighted by atomic mass is 10.3. The van der Waals surface area contributed by atoms with Crippen molar-refractivity contribution in [1.82, 2.24) is 20.8 Å². The van der Waals surface area contributed by atoms with Gasteiger partial charge in [-0.15, -0.1) is 22.7 Å². The predicted molar refractivity (Wildman–Crippen MR) is 74.9 cm³/mol. The smallest absolute Gasteiger partial charge is 0.271 e. The van der Waals surface area contributed by atoms with E-state index in [0.717, 1.165) is 9.88 Å². The van der Waals surface area contributed by atoms with Crippen LogP contribution in [0.2, 0.25) is 0 Å². The molecule has 0 saturated heterocycles. The van der Waals surface area contributed by atoms with Crippen molar-refractivity contribution in [2.75, 3.05) is 6.54 Å². The molecule has 0 aliphatic heterocycles. The Labute approximate surface area is 122 Å². The van der Waals surface area contributed by atoms with Crippen molar-refractivity contribution < 1.29 is 14.8 Å². The van der Waals surface area contributed by atoms with Crippen LogP contribution in [0.1, 0.15) is 22.3 Å². The third-order valence-corrected chi connectivity index (χ3v) is 4.50. The lowest BCUT2D eigenvalue weighted by molar-refractivity contribution is -0.128. The lowest BCUT2D eigenvalue weighted by Crippen LogP contribution is -2.35. The number of nitrogens with zero attached hydrogens (tertiary/aromatic N) is 2. The summed E-state index contributed by atoms with van der Waals surface area (Å²) in [6.07, 6.45) is 2.34. The summed E-state index contributed by atoms with van der Waals surface area (Å²) >= 11 is 2.86. The molecule has 0 bridgehead atoms. The first-order valence-electron chi connectivity index (χ1n) is 5.76. The van der Waals surface area contributed by atoms with E-state index >= 15 is 0 Å². The predicted octanol–water partition coefficient (Wildman–Crippen LogP) is 1.06. The van der Waals surface area contributed by atoms with Crippen LogP contribution >= 0.6 is 22.7 Å². The molecular formula is C11H12N4O3S2. The minimum absolute atomic E-state index is 0.299. The topological polar surface area (TPSA) is 104 Å². The molecular weight excluding hydrogens is 300 g/mol. The summed E-state index contributed by atoms with van der Waals surface area (Å²) < 4.78 is 0. The van der Waals surface area contributed by atoms with E-state index in [4.69, 9.17) is 5.21 Å². The molecule has 20 heavy (non-hydrogen) atoms. The van der Waals surface area contributed by atoms with Crippen molar-refractivity contribution in [3.8, 4) is 10.0 Å². The summed E-state index contributed by atoms with van der Waals surface area (Å²) in [5, 5.41) is 14.1. The molecule has 0 aliphatic carbocycles. The second-order valence-corrected chi connectivity index (χ2v) is 5.68. The third kappa shape index (κ3) is 3.18. The van der Waals surface area contributed by atoms with Crippen LogP contribution in [0.15, 0.2) is 11.6 Å². The fourth-order valence-electron chi connectivity index (χ4n) is 1.47. The summed E-state index contributed by atoms with van der Waals surface area (Å²) in [4.78, 5) is 32.2. The molecule has 106 valence electrons. The molecule has 3 N–H and O–H groups in total. The summed E-state index contributed by atoms with van der Waals surface area (Å²) in [7, 11) is 0. The fraction of sp³-hybridized carbons (Fsp3) is 0.273. The maximum absolute atomic E-state index is 12.0. The maximum Gasteiger partial charge on any atom is 0.271 e. The van der Waals surface area contributed by atoms with Gasteiger partial charge in [-0.05, 0) is 6.42 Å². The van der Waals surface area contributed by atoms with Crippen LogP contribution in [0.3, 0.4) is 0 Å². The van der Waals surface area contributed by atoms with Gasteiger partial charge in [0, 0.05) is 16.5 Å². The number of aryl methyl sites for hydroxylation is 1. The lowest BCUT2D eigenvalue weighted by Gasteiger charge is -2.02. The molecule has 2 aromatic heterocycles. The minimum Gasteiger partial charge on any atom is -0.342 e. The molecule has 0 aromatic carbocycles. The molecule has 0 unspecified atom stereocenters. The second kappa shape index (κ2) is 6.55. The highest BCUT2D eigenvalue weighted by Crippen LogP contribution is 2.29. The van der Waals surface area contributed by atoms with Gasteiger partial charge in [-0.2, -0.15) is 0 Å². The van der Waals surface area contributed by atoms with Crippen LogP contribution in [0.25, 0.3) is 10.0 Å². The van der Waals surface area contributed by atoms with Crippen LogP contribution in [-0.4, -0.2) is 33.5 Å². The summed E-state index contributed by atoms with van der Waals surface area (Å²) in [5.41, 5.74) is 1.75. The normalized spacial score (nSPS) is 10.3. The highest BCUT2D eigenvalue weighted by atomic mass is 32.1. The van der Waals surface area contributed by atoms with Crippen molar-refractivity contribution in [3.05, 3.63) is 22.1 Å². The van der Waals surface area contributed by atoms with E-state index in [0.29, 0.717) is 17.1 Å². The standard InChI is InChI=1S/C11H12N4O3S2/c1-2-6-8(9(17)13-5-7(16)15-18)14-11(20-6)10-12-3-4-19-10/h3-4,18H,2,5H2,1H3,(H,13,17)(H,15,16). The van der Waals surface area contributed by atoms with E-state index < -0.39 is 11.8 Å². The molecule has 0 fully saturated rings. The Morgan fingerprint density at radius 2 is 2.20 bits per heavy atom. The van der Waals surface area contributed by atoms with Crippen molar-refractivity contribution >= 4 is 34.5 Å². The van der Waals surface area contributed by atoms with Crippen LogP contribution in [0.5, 0.6) is 0 Å². The number of rotatable bonds is 5. The molecule has 0 radical (unpaired) electrons. The van der Waals surface area contributed by atoms with Gasteiger partial charge in [-0.25, -0.2) is 15.4 Å². The summed E-state index contributed by atoms with van der Waals surface area (Å²) in [6, 6.07) is 0. The van der Waals surface area contributed by atoms with E-state index in [1.165, 1.54) is 28.2 Å². The van der Waals surface area contributed by atoms with E-state index in [2.05, 4.69) is 15.3 Å². The molecule has 0 saturated carbocycles. The van der Waals surface area contributed by atoms with Crippen LogP contribution < -0.4 is 10.8 Å². The van der Waals surface area contributed by atoms with Crippen molar-refractivity contribution in [2.24, 2.45) is 0 Å². The fourth-order valence-corrected chi connectivity index (χ4v) is 3.15.